The number of piperidine rings is 1. The first kappa shape index (κ1) is 20.2. The lowest BCUT2D eigenvalue weighted by atomic mass is 10.1. The number of alkyl halides is 2. The minimum absolute atomic E-state index is 0.0340. The number of hydrogen-bond donors (Lipinski definition) is 1. The van der Waals surface area contributed by atoms with Gasteiger partial charge in [-0.1, -0.05) is 23.9 Å². The molecule has 1 saturated heterocycles. The number of carbonyl (C=O) groups excluding carboxylic acids is 1. The van der Waals surface area contributed by atoms with E-state index in [0.29, 0.717) is 23.5 Å². The SMILES string of the molecule is COc1nc(CNC(=O)c2ccccc2SC(F)F)nc(N2CCCCC2)n1. The zero-order valence-corrected chi connectivity index (χ0v) is 16.2. The van der Waals surface area contributed by atoms with Crippen molar-refractivity contribution in [3.8, 4) is 6.01 Å². The standard InChI is InChI=1S/C18H21F2N5O2S/c1-27-18-23-14(22-17(24-18)25-9-5-2-6-10-25)11-21-15(26)12-7-3-4-8-13(12)28-16(19)20/h3-4,7-8,16H,2,5-6,9-11H2,1H3,(H,21,26). The largest absolute Gasteiger partial charge is 0.467 e. The Hall–Kier alpha value is -2.49. The molecule has 2 aromatic rings. The molecule has 1 fully saturated rings. The van der Waals surface area contributed by atoms with Gasteiger partial charge in [0.1, 0.15) is 0 Å². The quantitative estimate of drug-likeness (QED) is 0.704. The molecule has 10 heteroatoms. The van der Waals surface area contributed by atoms with Crippen LogP contribution in [0.5, 0.6) is 6.01 Å². The molecule has 7 nitrogen and oxygen atoms in total. The molecule has 1 aromatic carbocycles. The topological polar surface area (TPSA) is 80.2 Å². The molecule has 0 unspecified atom stereocenters. The van der Waals surface area contributed by atoms with Crippen LogP contribution in [-0.4, -0.2) is 46.8 Å². The highest BCUT2D eigenvalue weighted by molar-refractivity contribution is 7.99. The Morgan fingerprint density at radius 3 is 2.68 bits per heavy atom. The Morgan fingerprint density at radius 2 is 1.96 bits per heavy atom. The lowest BCUT2D eigenvalue weighted by Gasteiger charge is -2.26. The van der Waals surface area contributed by atoms with Crippen LogP contribution in [0.25, 0.3) is 0 Å². The summed E-state index contributed by atoms with van der Waals surface area (Å²) in [6.45, 7) is 1.75. The summed E-state index contributed by atoms with van der Waals surface area (Å²) in [6.07, 6.45) is 3.31. The minimum Gasteiger partial charge on any atom is -0.467 e. The van der Waals surface area contributed by atoms with E-state index in [9.17, 15) is 13.6 Å². The molecule has 0 atom stereocenters. The van der Waals surface area contributed by atoms with Crippen LogP contribution in [0.2, 0.25) is 0 Å². The normalized spacial score (nSPS) is 14.2. The summed E-state index contributed by atoms with van der Waals surface area (Å²) in [6, 6.07) is 6.42. The molecule has 1 aromatic heterocycles. The average molecular weight is 409 g/mol. The summed E-state index contributed by atoms with van der Waals surface area (Å²) in [5.41, 5.74) is 0.185. The number of anilines is 1. The van der Waals surface area contributed by atoms with Gasteiger partial charge < -0.3 is 15.0 Å². The van der Waals surface area contributed by atoms with E-state index < -0.39 is 11.7 Å². The number of nitrogens with one attached hydrogen (secondary N) is 1. The van der Waals surface area contributed by atoms with E-state index in [1.54, 1.807) is 12.1 Å². The summed E-state index contributed by atoms with van der Waals surface area (Å²) in [4.78, 5) is 27.6. The molecule has 1 aliphatic rings. The smallest absolute Gasteiger partial charge is 0.321 e. The van der Waals surface area contributed by atoms with Crippen LogP contribution < -0.4 is 15.0 Å². The number of aromatic nitrogens is 3. The van der Waals surface area contributed by atoms with Crippen molar-refractivity contribution in [2.24, 2.45) is 0 Å². The molecule has 0 bridgehead atoms. The Bertz CT molecular complexity index is 818. The summed E-state index contributed by atoms with van der Waals surface area (Å²) in [5.74, 6) is -2.21. The maximum atomic E-state index is 12.7. The van der Waals surface area contributed by atoms with E-state index in [-0.39, 0.29) is 23.0 Å². The van der Waals surface area contributed by atoms with E-state index >= 15 is 0 Å². The van der Waals surface area contributed by atoms with Crippen molar-refractivity contribution < 1.29 is 18.3 Å². The minimum atomic E-state index is -2.60. The van der Waals surface area contributed by atoms with E-state index in [1.807, 2.05) is 0 Å². The second-order valence-corrected chi connectivity index (χ2v) is 7.18. The third kappa shape index (κ3) is 5.28. The van der Waals surface area contributed by atoms with E-state index in [4.69, 9.17) is 4.74 Å². The Labute approximate surface area is 165 Å². The first-order valence-electron chi connectivity index (χ1n) is 8.92. The highest BCUT2D eigenvalue weighted by atomic mass is 32.2. The molecule has 0 saturated carbocycles. The van der Waals surface area contributed by atoms with Crippen LogP contribution in [0.1, 0.15) is 35.4 Å². The summed E-state index contributed by atoms with van der Waals surface area (Å²) >= 11 is 0.340. The monoisotopic (exact) mass is 409 g/mol. The van der Waals surface area contributed by atoms with Gasteiger partial charge in [-0.25, -0.2) is 0 Å². The molecule has 150 valence electrons. The summed E-state index contributed by atoms with van der Waals surface area (Å²) in [7, 11) is 1.47. The molecule has 2 heterocycles. The third-order valence-corrected chi connectivity index (χ3v) is 5.01. The zero-order valence-electron chi connectivity index (χ0n) is 15.4. The molecule has 0 aliphatic carbocycles. The highest BCUT2D eigenvalue weighted by Crippen LogP contribution is 2.28. The number of nitrogens with zero attached hydrogens (tertiary/aromatic N) is 4. The number of halogens is 2. The molecule has 0 spiro atoms. The number of amides is 1. The number of rotatable bonds is 7. The van der Waals surface area contributed by atoms with Crippen LogP contribution in [0, 0.1) is 0 Å². The van der Waals surface area contributed by atoms with Crippen molar-refractivity contribution in [1.82, 2.24) is 20.3 Å². The zero-order chi connectivity index (χ0) is 19.9. The van der Waals surface area contributed by atoms with Gasteiger partial charge in [-0.3, -0.25) is 4.79 Å². The van der Waals surface area contributed by atoms with Crippen LogP contribution in [-0.2, 0) is 6.54 Å². The van der Waals surface area contributed by atoms with Gasteiger partial charge in [-0.15, -0.1) is 0 Å². The fraction of sp³-hybridized carbons (Fsp3) is 0.444. The van der Waals surface area contributed by atoms with Crippen LogP contribution in [0.4, 0.5) is 14.7 Å². The van der Waals surface area contributed by atoms with Crippen molar-refractivity contribution in [3.05, 3.63) is 35.7 Å². The van der Waals surface area contributed by atoms with Crippen LogP contribution >= 0.6 is 11.8 Å². The van der Waals surface area contributed by atoms with E-state index in [2.05, 4.69) is 25.2 Å². The van der Waals surface area contributed by atoms with Crippen molar-refractivity contribution in [1.29, 1.82) is 0 Å². The molecule has 0 radical (unpaired) electrons. The van der Waals surface area contributed by atoms with Gasteiger partial charge >= 0.3 is 6.01 Å². The Kier molecular flexibility index (Phi) is 6.96. The average Bonchev–Trinajstić information content (AvgIpc) is 2.72. The molecular formula is C18H21F2N5O2S. The van der Waals surface area contributed by atoms with Gasteiger partial charge in [0.2, 0.25) is 5.95 Å². The lowest BCUT2D eigenvalue weighted by Crippen LogP contribution is -2.32. The maximum absolute atomic E-state index is 12.7. The second-order valence-electron chi connectivity index (χ2n) is 6.14. The van der Waals surface area contributed by atoms with Gasteiger partial charge in [0, 0.05) is 18.0 Å². The van der Waals surface area contributed by atoms with Gasteiger partial charge in [-0.2, -0.15) is 23.7 Å². The highest BCUT2D eigenvalue weighted by Gasteiger charge is 2.18. The van der Waals surface area contributed by atoms with Crippen molar-refractivity contribution in [2.75, 3.05) is 25.1 Å². The van der Waals surface area contributed by atoms with E-state index in [1.165, 1.54) is 25.7 Å². The van der Waals surface area contributed by atoms with Gasteiger partial charge in [0.15, 0.2) is 5.82 Å². The Balaban J connectivity index is 1.72. The first-order chi connectivity index (χ1) is 13.6. The molecular weight excluding hydrogens is 388 g/mol. The van der Waals surface area contributed by atoms with Crippen LogP contribution in [0.15, 0.2) is 29.2 Å². The molecule has 1 amide bonds. The number of thioether (sulfide) groups is 1. The Morgan fingerprint density at radius 1 is 1.21 bits per heavy atom. The van der Waals surface area contributed by atoms with Crippen LogP contribution in [0.3, 0.4) is 0 Å². The van der Waals surface area contributed by atoms with E-state index in [0.717, 1.165) is 25.9 Å². The molecule has 3 rings (SSSR count). The maximum Gasteiger partial charge on any atom is 0.321 e. The number of benzene rings is 1. The second kappa shape index (κ2) is 9.63. The molecule has 1 N–H and O–H groups in total. The van der Waals surface area contributed by atoms with Crippen molar-refractivity contribution >= 4 is 23.6 Å². The summed E-state index contributed by atoms with van der Waals surface area (Å²) < 4.78 is 30.6. The predicted molar refractivity (Wildman–Crippen MR) is 102 cm³/mol. The van der Waals surface area contributed by atoms with Crippen molar-refractivity contribution in [2.45, 2.75) is 36.5 Å². The number of carbonyl (C=O) groups is 1. The van der Waals surface area contributed by atoms with Gasteiger partial charge in [0.25, 0.3) is 11.7 Å². The van der Waals surface area contributed by atoms with Gasteiger partial charge in [0.05, 0.1) is 19.2 Å². The van der Waals surface area contributed by atoms with Gasteiger partial charge in [-0.05, 0) is 31.4 Å². The summed E-state index contributed by atoms with van der Waals surface area (Å²) in [5, 5.41) is 2.69. The molecule has 1 aliphatic heterocycles. The van der Waals surface area contributed by atoms with Crippen molar-refractivity contribution in [3.63, 3.8) is 0 Å². The predicted octanol–water partition coefficient (Wildman–Crippen LogP) is 3.12. The number of ether oxygens (including phenoxy) is 1. The molecule has 28 heavy (non-hydrogen) atoms. The number of hydrogen-bond acceptors (Lipinski definition) is 7. The third-order valence-electron chi connectivity index (χ3n) is 4.23. The first-order valence-corrected chi connectivity index (χ1v) is 9.80. The fourth-order valence-corrected chi connectivity index (χ4v) is 3.54. The fourth-order valence-electron chi connectivity index (χ4n) is 2.90. The lowest BCUT2D eigenvalue weighted by molar-refractivity contribution is 0.0946. The number of methoxy groups -OCH3 is 1.